The number of halogens is 1. The van der Waals surface area contributed by atoms with E-state index in [0.29, 0.717) is 30.5 Å². The minimum atomic E-state index is -0.699. The van der Waals surface area contributed by atoms with Gasteiger partial charge in [-0.1, -0.05) is 19.9 Å². The van der Waals surface area contributed by atoms with Gasteiger partial charge in [-0.15, -0.1) is 0 Å². The second kappa shape index (κ2) is 9.96. The van der Waals surface area contributed by atoms with Gasteiger partial charge in [0.1, 0.15) is 24.8 Å². The topological polar surface area (TPSA) is 83.1 Å². The summed E-state index contributed by atoms with van der Waals surface area (Å²) in [4.78, 5) is 24.1. The third kappa shape index (κ3) is 5.85. The lowest BCUT2D eigenvalue weighted by atomic mass is 9.95. The molecule has 0 radical (unpaired) electrons. The Bertz CT molecular complexity index is 884. The Hall–Kier alpha value is -3.29. The zero-order chi connectivity index (χ0) is 21.5. The molecule has 1 N–H and O–H groups in total. The first kappa shape index (κ1) is 21.4. The first-order valence-corrected chi connectivity index (χ1v) is 9.65. The molecule has 160 valence electrons. The van der Waals surface area contributed by atoms with E-state index in [1.54, 1.807) is 0 Å². The Morgan fingerprint density at radius 3 is 2.43 bits per heavy atom. The number of hydrogen-bond acceptors (Lipinski definition) is 6. The monoisotopic (exact) mass is 417 g/mol. The van der Waals surface area contributed by atoms with Crippen molar-refractivity contribution in [1.82, 2.24) is 5.32 Å². The summed E-state index contributed by atoms with van der Waals surface area (Å²) >= 11 is 0. The normalized spacial score (nSPS) is 13.5. The molecular formula is C22H24FNO6. The third-order valence-electron chi connectivity index (χ3n) is 4.44. The fourth-order valence-corrected chi connectivity index (χ4v) is 2.96. The third-order valence-corrected chi connectivity index (χ3v) is 4.44. The molecule has 1 heterocycles. The van der Waals surface area contributed by atoms with Crippen molar-refractivity contribution in [3.8, 4) is 17.2 Å². The van der Waals surface area contributed by atoms with Crippen LogP contribution in [-0.2, 0) is 14.3 Å². The zero-order valence-electron chi connectivity index (χ0n) is 16.9. The van der Waals surface area contributed by atoms with Crippen LogP contribution in [0, 0.1) is 11.7 Å². The van der Waals surface area contributed by atoms with Crippen molar-refractivity contribution in [2.24, 2.45) is 5.92 Å². The van der Waals surface area contributed by atoms with E-state index in [2.05, 4.69) is 5.32 Å². The van der Waals surface area contributed by atoms with Crippen LogP contribution in [0.4, 0.5) is 4.39 Å². The first-order chi connectivity index (χ1) is 14.4. The average Bonchev–Trinajstić information content (AvgIpc) is 2.75. The molecular weight excluding hydrogens is 393 g/mol. The summed E-state index contributed by atoms with van der Waals surface area (Å²) in [6, 6.07) is 10.5. The fourth-order valence-electron chi connectivity index (χ4n) is 2.96. The molecule has 0 spiro atoms. The van der Waals surface area contributed by atoms with Gasteiger partial charge in [-0.25, -0.2) is 9.18 Å². The number of carbonyl (C=O) groups excluding carboxylic acids is 2. The van der Waals surface area contributed by atoms with Gasteiger partial charge in [0.05, 0.1) is 6.04 Å². The highest BCUT2D eigenvalue weighted by Gasteiger charge is 2.22. The molecule has 30 heavy (non-hydrogen) atoms. The average molecular weight is 417 g/mol. The van der Waals surface area contributed by atoms with Gasteiger partial charge < -0.3 is 24.3 Å². The Morgan fingerprint density at radius 1 is 1.03 bits per heavy atom. The largest absolute Gasteiger partial charge is 0.486 e. The number of amides is 1. The Morgan fingerprint density at radius 2 is 1.73 bits per heavy atom. The van der Waals surface area contributed by atoms with Crippen molar-refractivity contribution in [2.75, 3.05) is 26.4 Å². The highest BCUT2D eigenvalue weighted by molar-refractivity contribution is 5.81. The molecule has 8 heteroatoms. The van der Waals surface area contributed by atoms with Gasteiger partial charge in [-0.05, 0) is 47.9 Å². The van der Waals surface area contributed by atoms with E-state index < -0.39 is 24.3 Å². The Kier molecular flexibility index (Phi) is 7.11. The van der Waals surface area contributed by atoms with Crippen LogP contribution >= 0.6 is 0 Å². The molecule has 1 aliphatic heterocycles. The van der Waals surface area contributed by atoms with Gasteiger partial charge >= 0.3 is 5.97 Å². The van der Waals surface area contributed by atoms with Crippen molar-refractivity contribution in [1.29, 1.82) is 0 Å². The molecule has 0 bridgehead atoms. The van der Waals surface area contributed by atoms with Gasteiger partial charge in [0, 0.05) is 0 Å². The standard InChI is InChI=1S/C22H24FNO6/c1-14(2)22(15-3-8-18-19(11-15)28-10-9-27-18)24-20(25)12-30-21(26)13-29-17-6-4-16(23)5-7-17/h3-8,11,14,22H,9-10,12-13H2,1-2H3,(H,24,25)/t22-/m0/s1. The number of esters is 1. The van der Waals surface area contributed by atoms with E-state index in [1.165, 1.54) is 24.3 Å². The Labute approximate surface area is 174 Å². The molecule has 2 aromatic rings. The van der Waals surface area contributed by atoms with Crippen LogP contribution in [0.1, 0.15) is 25.5 Å². The van der Waals surface area contributed by atoms with Crippen LogP contribution in [0.25, 0.3) is 0 Å². The van der Waals surface area contributed by atoms with Crippen molar-refractivity contribution < 1.29 is 32.9 Å². The second-order valence-corrected chi connectivity index (χ2v) is 7.10. The minimum absolute atomic E-state index is 0.0917. The van der Waals surface area contributed by atoms with Crippen molar-refractivity contribution in [2.45, 2.75) is 19.9 Å². The van der Waals surface area contributed by atoms with Crippen LogP contribution < -0.4 is 19.5 Å². The van der Waals surface area contributed by atoms with Crippen molar-refractivity contribution in [3.63, 3.8) is 0 Å². The molecule has 3 rings (SSSR count). The maximum Gasteiger partial charge on any atom is 0.344 e. The fraction of sp³-hybridized carbons (Fsp3) is 0.364. The van der Waals surface area contributed by atoms with Crippen molar-refractivity contribution in [3.05, 3.63) is 53.8 Å². The number of ether oxygens (including phenoxy) is 4. The zero-order valence-corrected chi connectivity index (χ0v) is 16.9. The first-order valence-electron chi connectivity index (χ1n) is 9.65. The van der Waals surface area contributed by atoms with E-state index in [4.69, 9.17) is 18.9 Å². The van der Waals surface area contributed by atoms with Crippen LogP contribution in [-0.4, -0.2) is 38.3 Å². The van der Waals surface area contributed by atoms with Gasteiger partial charge in [0.25, 0.3) is 5.91 Å². The van der Waals surface area contributed by atoms with Crippen LogP contribution in [0.2, 0.25) is 0 Å². The molecule has 7 nitrogen and oxygen atoms in total. The highest BCUT2D eigenvalue weighted by Crippen LogP contribution is 2.34. The van der Waals surface area contributed by atoms with Gasteiger partial charge in [-0.3, -0.25) is 4.79 Å². The predicted molar refractivity (Wildman–Crippen MR) is 106 cm³/mol. The van der Waals surface area contributed by atoms with E-state index in [9.17, 15) is 14.0 Å². The van der Waals surface area contributed by atoms with Gasteiger partial charge in [-0.2, -0.15) is 0 Å². The molecule has 0 unspecified atom stereocenters. The highest BCUT2D eigenvalue weighted by atomic mass is 19.1. The maximum atomic E-state index is 12.9. The lowest BCUT2D eigenvalue weighted by molar-refractivity contribution is -0.150. The number of nitrogens with one attached hydrogen (secondary N) is 1. The summed E-state index contributed by atoms with van der Waals surface area (Å²) in [6.45, 7) is 4.13. The summed E-state index contributed by atoms with van der Waals surface area (Å²) in [5.74, 6) is 0.204. The summed E-state index contributed by atoms with van der Waals surface area (Å²) in [7, 11) is 0. The van der Waals surface area contributed by atoms with Gasteiger partial charge in [0.2, 0.25) is 0 Å². The van der Waals surface area contributed by atoms with Gasteiger partial charge in [0.15, 0.2) is 24.7 Å². The molecule has 0 saturated heterocycles. The lowest BCUT2D eigenvalue weighted by Crippen LogP contribution is -2.35. The molecule has 0 fully saturated rings. The Balaban J connectivity index is 1.50. The molecule has 2 aromatic carbocycles. The van der Waals surface area contributed by atoms with Crippen LogP contribution in [0.3, 0.4) is 0 Å². The summed E-state index contributed by atoms with van der Waals surface area (Å²) in [5, 5.41) is 2.88. The molecule has 0 saturated carbocycles. The smallest absolute Gasteiger partial charge is 0.344 e. The molecule has 1 aliphatic rings. The predicted octanol–water partition coefficient (Wildman–Crippen LogP) is 3.03. The number of carbonyl (C=O) groups is 2. The second-order valence-electron chi connectivity index (χ2n) is 7.10. The molecule has 1 amide bonds. The van der Waals surface area contributed by atoms with Crippen LogP contribution in [0.5, 0.6) is 17.2 Å². The molecule has 0 aromatic heterocycles. The SMILES string of the molecule is CC(C)[C@H](NC(=O)COC(=O)COc1ccc(F)cc1)c1ccc2c(c1)OCCO2. The number of hydrogen-bond donors (Lipinski definition) is 1. The maximum absolute atomic E-state index is 12.9. The van der Waals surface area contributed by atoms with Crippen LogP contribution in [0.15, 0.2) is 42.5 Å². The molecule has 1 atom stereocenters. The number of rotatable bonds is 8. The minimum Gasteiger partial charge on any atom is -0.486 e. The summed E-state index contributed by atoms with van der Waals surface area (Å²) in [6.07, 6.45) is 0. The van der Waals surface area contributed by atoms with Crippen molar-refractivity contribution >= 4 is 11.9 Å². The molecule has 0 aliphatic carbocycles. The quantitative estimate of drug-likeness (QED) is 0.665. The summed E-state index contributed by atoms with van der Waals surface area (Å²) in [5.41, 5.74) is 0.869. The summed E-state index contributed by atoms with van der Waals surface area (Å²) < 4.78 is 34.1. The number of benzene rings is 2. The number of fused-ring (bicyclic) bond motifs is 1. The van der Waals surface area contributed by atoms with E-state index in [0.717, 1.165) is 5.56 Å². The van der Waals surface area contributed by atoms with E-state index in [-0.39, 0.29) is 18.6 Å². The van der Waals surface area contributed by atoms with E-state index in [1.807, 2.05) is 32.0 Å². The van der Waals surface area contributed by atoms with E-state index >= 15 is 0 Å². The lowest BCUT2D eigenvalue weighted by Gasteiger charge is -2.25.